The van der Waals surface area contributed by atoms with E-state index in [0.717, 1.165) is 0 Å². The number of hydrogen-bond acceptors (Lipinski definition) is 6. The Balaban J connectivity index is 2.03. The Labute approximate surface area is 117 Å². The van der Waals surface area contributed by atoms with Crippen LogP contribution in [0.2, 0.25) is 0 Å². The lowest BCUT2D eigenvalue weighted by atomic mass is 10.1. The van der Waals surface area contributed by atoms with Crippen LogP contribution in [0.15, 0.2) is 24.3 Å². The van der Waals surface area contributed by atoms with Gasteiger partial charge in [-0.25, -0.2) is 13.2 Å². The summed E-state index contributed by atoms with van der Waals surface area (Å²) >= 11 is 0. The molecular formula is C13H17NO5S. The van der Waals surface area contributed by atoms with Crippen LogP contribution in [0.5, 0.6) is 0 Å². The molecule has 0 bridgehead atoms. The average molecular weight is 299 g/mol. The molecule has 0 spiro atoms. The molecule has 1 aromatic carbocycles. The molecule has 0 radical (unpaired) electrons. The minimum Gasteiger partial charge on any atom is -0.462 e. The smallest absolute Gasteiger partial charge is 0.338 e. The van der Waals surface area contributed by atoms with Gasteiger partial charge in [-0.2, -0.15) is 0 Å². The van der Waals surface area contributed by atoms with E-state index in [-0.39, 0.29) is 11.5 Å². The summed E-state index contributed by atoms with van der Waals surface area (Å²) in [7, 11) is -3.18. The molecule has 1 saturated heterocycles. The topological polar surface area (TPSA) is 92.7 Å². The van der Waals surface area contributed by atoms with E-state index in [0.29, 0.717) is 17.9 Å². The number of sulfone groups is 1. The second-order valence-corrected chi connectivity index (χ2v) is 6.85. The number of ether oxygens (including phenoxy) is 1. The highest BCUT2D eigenvalue weighted by Crippen LogP contribution is 2.18. The third kappa shape index (κ3) is 3.49. The number of hydrogen-bond donors (Lipinski definition) is 2. The minimum absolute atomic E-state index is 0.0895. The molecule has 0 unspecified atom stereocenters. The summed E-state index contributed by atoms with van der Waals surface area (Å²) in [5, 5.41) is 12.6. The lowest BCUT2D eigenvalue weighted by Crippen LogP contribution is -2.31. The fraction of sp³-hybridized carbons (Fsp3) is 0.462. The normalized spacial score (nSPS) is 24.3. The Bertz CT molecular complexity index is 581. The van der Waals surface area contributed by atoms with Crippen molar-refractivity contribution in [1.82, 2.24) is 0 Å². The first-order valence-electron chi connectivity index (χ1n) is 6.33. The predicted molar refractivity (Wildman–Crippen MR) is 74.5 cm³/mol. The van der Waals surface area contributed by atoms with E-state index in [2.05, 4.69) is 5.32 Å². The molecule has 1 aliphatic rings. The zero-order chi connectivity index (χ0) is 14.8. The molecule has 1 fully saturated rings. The van der Waals surface area contributed by atoms with Gasteiger partial charge in [0.05, 0.1) is 35.8 Å². The van der Waals surface area contributed by atoms with E-state index in [1.165, 1.54) is 0 Å². The van der Waals surface area contributed by atoms with Crippen LogP contribution in [0.1, 0.15) is 17.3 Å². The molecule has 1 heterocycles. The van der Waals surface area contributed by atoms with Crippen LogP contribution < -0.4 is 5.32 Å². The zero-order valence-corrected chi connectivity index (χ0v) is 11.9. The van der Waals surface area contributed by atoms with Crippen molar-refractivity contribution in [3.8, 4) is 0 Å². The van der Waals surface area contributed by atoms with Gasteiger partial charge in [0.2, 0.25) is 0 Å². The maximum absolute atomic E-state index is 11.5. The number of nitrogens with one attached hydrogen (secondary N) is 1. The van der Waals surface area contributed by atoms with Crippen molar-refractivity contribution < 1.29 is 23.1 Å². The summed E-state index contributed by atoms with van der Waals surface area (Å²) < 4.78 is 27.7. The Kier molecular flexibility index (Phi) is 4.29. The molecule has 0 aliphatic carbocycles. The largest absolute Gasteiger partial charge is 0.462 e. The fourth-order valence-electron chi connectivity index (χ4n) is 2.10. The third-order valence-electron chi connectivity index (χ3n) is 3.07. The van der Waals surface area contributed by atoms with Gasteiger partial charge in [0.1, 0.15) is 0 Å². The number of carbonyl (C=O) groups is 1. The Hall–Kier alpha value is -1.60. The van der Waals surface area contributed by atoms with Crippen LogP contribution >= 0.6 is 0 Å². The first-order chi connectivity index (χ1) is 9.41. The predicted octanol–water partition coefficient (Wildman–Crippen LogP) is 0.433. The number of anilines is 1. The van der Waals surface area contributed by atoms with E-state index < -0.39 is 28.0 Å². The highest BCUT2D eigenvalue weighted by Gasteiger charge is 2.36. The maximum Gasteiger partial charge on any atom is 0.338 e. The standard InChI is InChI=1S/C13H17NO5S/c1-2-19-13(16)9-3-5-10(6-4-9)14-11-7-20(17,18)8-12(11)15/h3-6,11-12,14-15H,2,7-8H2,1H3/t11-,12+/m1/s1. The van der Waals surface area contributed by atoms with Gasteiger partial charge in [0.15, 0.2) is 9.84 Å². The van der Waals surface area contributed by atoms with Crippen LogP contribution in [0.25, 0.3) is 0 Å². The quantitative estimate of drug-likeness (QED) is 0.783. The Morgan fingerprint density at radius 1 is 1.35 bits per heavy atom. The SMILES string of the molecule is CCOC(=O)c1ccc(N[C@@H]2CS(=O)(=O)C[C@@H]2O)cc1. The summed E-state index contributed by atoms with van der Waals surface area (Å²) in [5.74, 6) is -0.707. The van der Waals surface area contributed by atoms with E-state index >= 15 is 0 Å². The first-order valence-corrected chi connectivity index (χ1v) is 8.15. The van der Waals surface area contributed by atoms with Crippen LogP contribution in [0, 0.1) is 0 Å². The van der Waals surface area contributed by atoms with Crippen molar-refractivity contribution in [2.45, 2.75) is 19.1 Å². The lowest BCUT2D eigenvalue weighted by molar-refractivity contribution is 0.0526. The fourth-order valence-corrected chi connectivity index (χ4v) is 3.84. The molecule has 2 atom stereocenters. The second-order valence-electron chi connectivity index (χ2n) is 4.69. The van der Waals surface area contributed by atoms with Gasteiger partial charge in [-0.15, -0.1) is 0 Å². The Morgan fingerprint density at radius 3 is 2.50 bits per heavy atom. The molecule has 6 nitrogen and oxygen atoms in total. The first kappa shape index (κ1) is 14.8. The molecular weight excluding hydrogens is 282 g/mol. The summed E-state index contributed by atoms with van der Waals surface area (Å²) in [6.07, 6.45) is -0.912. The third-order valence-corrected chi connectivity index (χ3v) is 4.79. The van der Waals surface area contributed by atoms with Gasteiger partial charge >= 0.3 is 5.97 Å². The lowest BCUT2D eigenvalue weighted by Gasteiger charge is -2.16. The molecule has 0 saturated carbocycles. The maximum atomic E-state index is 11.5. The highest BCUT2D eigenvalue weighted by atomic mass is 32.2. The molecule has 0 aromatic heterocycles. The van der Waals surface area contributed by atoms with Crippen molar-refractivity contribution in [2.24, 2.45) is 0 Å². The molecule has 110 valence electrons. The number of benzene rings is 1. The van der Waals surface area contributed by atoms with Crippen molar-refractivity contribution in [1.29, 1.82) is 0 Å². The van der Waals surface area contributed by atoms with Gasteiger partial charge in [-0.3, -0.25) is 0 Å². The van der Waals surface area contributed by atoms with Gasteiger partial charge in [-0.1, -0.05) is 0 Å². The van der Waals surface area contributed by atoms with Crippen LogP contribution in [-0.4, -0.2) is 49.8 Å². The summed E-state index contributed by atoms with van der Waals surface area (Å²) in [6, 6.07) is 5.98. The molecule has 20 heavy (non-hydrogen) atoms. The summed E-state index contributed by atoms with van der Waals surface area (Å²) in [5.41, 5.74) is 1.08. The number of aliphatic hydroxyl groups excluding tert-OH is 1. The van der Waals surface area contributed by atoms with Crippen molar-refractivity contribution in [3.63, 3.8) is 0 Å². The van der Waals surface area contributed by atoms with Crippen LogP contribution in [0.3, 0.4) is 0 Å². The van der Waals surface area contributed by atoms with Crippen molar-refractivity contribution in [2.75, 3.05) is 23.4 Å². The molecule has 1 aliphatic heterocycles. The molecule has 2 N–H and O–H groups in total. The molecule has 1 aromatic rings. The van der Waals surface area contributed by atoms with Gasteiger partial charge in [-0.05, 0) is 31.2 Å². The number of carbonyl (C=O) groups excluding carboxylic acids is 1. The average Bonchev–Trinajstić information content (AvgIpc) is 2.63. The molecule has 0 amide bonds. The number of esters is 1. The highest BCUT2D eigenvalue weighted by molar-refractivity contribution is 7.91. The Morgan fingerprint density at radius 2 is 2.00 bits per heavy atom. The number of aliphatic hydroxyl groups is 1. The van der Waals surface area contributed by atoms with Gasteiger partial charge in [0.25, 0.3) is 0 Å². The molecule has 7 heteroatoms. The second kappa shape index (κ2) is 5.80. The summed E-state index contributed by atoms with van der Waals surface area (Å²) in [6.45, 7) is 2.04. The van der Waals surface area contributed by atoms with Crippen molar-refractivity contribution in [3.05, 3.63) is 29.8 Å². The minimum atomic E-state index is -3.18. The summed E-state index contributed by atoms with van der Waals surface area (Å²) in [4.78, 5) is 11.5. The monoisotopic (exact) mass is 299 g/mol. The van der Waals surface area contributed by atoms with Crippen LogP contribution in [0.4, 0.5) is 5.69 Å². The van der Waals surface area contributed by atoms with E-state index in [9.17, 15) is 18.3 Å². The van der Waals surface area contributed by atoms with Crippen LogP contribution in [-0.2, 0) is 14.6 Å². The number of rotatable bonds is 4. The van der Waals surface area contributed by atoms with E-state index in [1.54, 1.807) is 31.2 Å². The van der Waals surface area contributed by atoms with Crippen molar-refractivity contribution >= 4 is 21.5 Å². The van der Waals surface area contributed by atoms with Gasteiger partial charge < -0.3 is 15.2 Å². The zero-order valence-electron chi connectivity index (χ0n) is 11.1. The van der Waals surface area contributed by atoms with E-state index in [4.69, 9.17) is 4.74 Å². The molecule has 2 rings (SSSR count). The van der Waals surface area contributed by atoms with Gasteiger partial charge in [0, 0.05) is 5.69 Å². The van der Waals surface area contributed by atoms with E-state index in [1.807, 2.05) is 0 Å².